The second-order valence-corrected chi connectivity index (χ2v) is 2.23. The molecule has 0 atom stereocenters. The zero-order valence-electron chi connectivity index (χ0n) is 7.92. The van der Waals surface area contributed by atoms with Crippen LogP contribution in [-0.4, -0.2) is 20.4 Å². The van der Waals surface area contributed by atoms with Gasteiger partial charge in [-0.15, -0.1) is 0 Å². The molecule has 6 heteroatoms. The van der Waals surface area contributed by atoms with Gasteiger partial charge in [-0.05, 0) is 24.6 Å². The van der Waals surface area contributed by atoms with Crippen molar-refractivity contribution in [3.8, 4) is 24.0 Å². The number of rotatable bonds is 0. The van der Waals surface area contributed by atoms with Crippen molar-refractivity contribution in [3.05, 3.63) is 23.8 Å². The van der Waals surface area contributed by atoms with E-state index in [9.17, 15) is 0 Å². The Morgan fingerprint density at radius 3 is 1.40 bits per heavy atom. The van der Waals surface area contributed by atoms with Crippen LogP contribution < -0.4 is 0 Å². The number of aromatic hydroxyl groups is 2. The third-order valence-corrected chi connectivity index (χ3v) is 1.05. The number of aliphatic hydroxyl groups is 2. The van der Waals surface area contributed by atoms with Gasteiger partial charge in [-0.2, -0.15) is 10.5 Å². The number of nitrogens with zero attached hydrogens (tertiary/aromatic N) is 2. The fourth-order valence-corrected chi connectivity index (χ4v) is 0.743. The molecule has 0 spiro atoms. The summed E-state index contributed by atoms with van der Waals surface area (Å²) in [4.78, 5) is 0. The highest BCUT2D eigenvalue weighted by atomic mass is 16.3. The Morgan fingerprint density at radius 2 is 1.20 bits per heavy atom. The van der Waals surface area contributed by atoms with Crippen LogP contribution in [0.15, 0.2) is 18.2 Å². The summed E-state index contributed by atoms with van der Waals surface area (Å²) in [6.45, 7) is 1.80. The molecule has 0 fully saturated rings. The molecule has 80 valence electrons. The van der Waals surface area contributed by atoms with Gasteiger partial charge < -0.3 is 20.4 Å². The largest absolute Gasteiger partial charge is 0.508 e. The van der Waals surface area contributed by atoms with Crippen molar-refractivity contribution in [3.63, 3.8) is 0 Å². The highest BCUT2D eigenvalue weighted by molar-refractivity contribution is 5.35. The number of hydrogen-bond acceptors (Lipinski definition) is 6. The Kier molecular flexibility index (Phi) is 9.42. The zero-order valence-corrected chi connectivity index (χ0v) is 7.92. The van der Waals surface area contributed by atoms with Crippen LogP contribution in [0.25, 0.3) is 0 Å². The molecule has 1 rings (SSSR count). The van der Waals surface area contributed by atoms with Gasteiger partial charge in [0.05, 0.1) is 0 Å². The molecule has 15 heavy (non-hydrogen) atoms. The third kappa shape index (κ3) is 11.4. The van der Waals surface area contributed by atoms with E-state index in [-0.39, 0.29) is 11.5 Å². The minimum absolute atomic E-state index is 0.104. The van der Waals surface area contributed by atoms with Crippen molar-refractivity contribution >= 4 is 0 Å². The second-order valence-electron chi connectivity index (χ2n) is 2.23. The maximum atomic E-state index is 8.83. The van der Waals surface area contributed by atoms with Crippen molar-refractivity contribution in [1.82, 2.24) is 0 Å². The Bertz CT molecular complexity index is 303. The molecule has 0 aliphatic carbocycles. The molecule has 0 amide bonds. The highest BCUT2D eigenvalue weighted by Crippen LogP contribution is 2.18. The van der Waals surface area contributed by atoms with E-state index in [1.54, 1.807) is 19.1 Å². The Morgan fingerprint density at radius 1 is 0.933 bits per heavy atom. The number of phenols is 2. The van der Waals surface area contributed by atoms with Crippen LogP contribution in [0.5, 0.6) is 11.5 Å². The molecule has 0 aromatic heterocycles. The fourth-order valence-electron chi connectivity index (χ4n) is 0.743. The minimum atomic E-state index is 0.104. The summed E-state index contributed by atoms with van der Waals surface area (Å²) < 4.78 is 0. The maximum absolute atomic E-state index is 8.83. The smallest absolute Gasteiger partial charge is 0.283 e. The van der Waals surface area contributed by atoms with Crippen LogP contribution in [0.2, 0.25) is 0 Å². The Labute approximate surface area is 86.5 Å². The van der Waals surface area contributed by atoms with Crippen molar-refractivity contribution in [2.45, 2.75) is 6.92 Å². The standard InChI is InChI=1S/C7H8O2.2CHNO/c1-5-2-6(8)4-7(9)3-5;2*2-1-3/h2-4,8-9H,1H3;2*3H. The summed E-state index contributed by atoms with van der Waals surface area (Å²) in [7, 11) is 0. The second kappa shape index (κ2) is 9.49. The lowest BCUT2D eigenvalue weighted by Crippen LogP contribution is -1.70. The molecule has 0 radical (unpaired) electrons. The number of benzene rings is 1. The summed E-state index contributed by atoms with van der Waals surface area (Å²) >= 11 is 0. The first kappa shape index (κ1) is 14.9. The van der Waals surface area contributed by atoms with Gasteiger partial charge in [0.2, 0.25) is 0 Å². The summed E-state index contributed by atoms with van der Waals surface area (Å²) in [5.41, 5.74) is 0.854. The summed E-state index contributed by atoms with van der Waals surface area (Å²) in [5, 5.41) is 45.2. The van der Waals surface area contributed by atoms with Crippen molar-refractivity contribution in [2.75, 3.05) is 0 Å². The number of aliphatic hydroxyl groups excluding tert-OH is 2. The molecule has 0 unspecified atom stereocenters. The van der Waals surface area contributed by atoms with Crippen molar-refractivity contribution < 1.29 is 20.4 Å². The summed E-state index contributed by atoms with van der Waals surface area (Å²) in [6.07, 6.45) is 1.50. The minimum Gasteiger partial charge on any atom is -0.508 e. The van der Waals surface area contributed by atoms with Gasteiger partial charge in [-0.1, -0.05) is 0 Å². The van der Waals surface area contributed by atoms with E-state index >= 15 is 0 Å². The summed E-state index contributed by atoms with van der Waals surface area (Å²) in [5.74, 6) is 0.208. The van der Waals surface area contributed by atoms with E-state index in [4.69, 9.17) is 30.9 Å². The molecular formula is C9H10N2O4. The van der Waals surface area contributed by atoms with Crippen molar-refractivity contribution in [2.24, 2.45) is 0 Å². The molecule has 0 aliphatic rings. The molecule has 0 saturated carbocycles. The van der Waals surface area contributed by atoms with Crippen LogP contribution in [0.4, 0.5) is 0 Å². The lowest BCUT2D eigenvalue weighted by molar-refractivity contribution is 0.450. The number of nitriles is 2. The zero-order chi connectivity index (χ0) is 12.3. The average Bonchev–Trinajstić information content (AvgIpc) is 2.03. The van der Waals surface area contributed by atoms with E-state index in [2.05, 4.69) is 0 Å². The Hall–Kier alpha value is -2.60. The molecule has 4 N–H and O–H groups in total. The normalized spacial score (nSPS) is 6.60. The quantitative estimate of drug-likeness (QED) is 0.474. The fraction of sp³-hybridized carbons (Fsp3) is 0.111. The van der Waals surface area contributed by atoms with E-state index in [1.165, 1.54) is 6.07 Å². The van der Waals surface area contributed by atoms with Gasteiger partial charge in [0.1, 0.15) is 11.5 Å². The molecule has 1 aromatic rings. The summed E-state index contributed by atoms with van der Waals surface area (Å²) in [6, 6.07) is 4.46. The van der Waals surface area contributed by atoms with Crippen molar-refractivity contribution in [1.29, 1.82) is 10.5 Å². The number of hydrogen-bond donors (Lipinski definition) is 4. The van der Waals surface area contributed by atoms with Crippen LogP contribution in [0.3, 0.4) is 0 Å². The molecule has 6 nitrogen and oxygen atoms in total. The number of phenolic OH excluding ortho intramolecular Hbond substituents is 2. The topological polar surface area (TPSA) is 128 Å². The third-order valence-electron chi connectivity index (χ3n) is 1.05. The molecule has 0 saturated heterocycles. The van der Waals surface area contributed by atoms with Crippen LogP contribution in [-0.2, 0) is 0 Å². The first-order chi connectivity index (χ1) is 7.01. The van der Waals surface area contributed by atoms with Gasteiger partial charge in [-0.3, -0.25) is 0 Å². The first-order valence-corrected chi connectivity index (χ1v) is 3.57. The van der Waals surface area contributed by atoms with Crippen LogP contribution in [0.1, 0.15) is 5.56 Å². The molecule has 0 heterocycles. The van der Waals surface area contributed by atoms with Gasteiger partial charge >= 0.3 is 0 Å². The molecule has 1 aromatic carbocycles. The predicted octanol–water partition coefficient (Wildman–Crippen LogP) is 1.09. The van der Waals surface area contributed by atoms with E-state index in [0.29, 0.717) is 0 Å². The molecule has 0 aliphatic heterocycles. The van der Waals surface area contributed by atoms with Crippen LogP contribution >= 0.6 is 0 Å². The Balaban J connectivity index is 0. The number of aryl methyl sites for hydroxylation is 1. The van der Waals surface area contributed by atoms with E-state index < -0.39 is 0 Å². The highest BCUT2D eigenvalue weighted by Gasteiger charge is 1.91. The van der Waals surface area contributed by atoms with Gasteiger partial charge in [-0.25, -0.2) is 0 Å². The lowest BCUT2D eigenvalue weighted by Gasteiger charge is -1.94. The first-order valence-electron chi connectivity index (χ1n) is 3.57. The monoisotopic (exact) mass is 210 g/mol. The molecule has 0 bridgehead atoms. The van der Waals surface area contributed by atoms with Gasteiger partial charge in [0.25, 0.3) is 12.5 Å². The predicted molar refractivity (Wildman–Crippen MR) is 49.6 cm³/mol. The van der Waals surface area contributed by atoms with E-state index in [1.807, 2.05) is 0 Å². The molecular weight excluding hydrogens is 200 g/mol. The van der Waals surface area contributed by atoms with Crippen LogP contribution in [0, 0.1) is 30.0 Å². The van der Waals surface area contributed by atoms with E-state index in [0.717, 1.165) is 18.1 Å². The van der Waals surface area contributed by atoms with Gasteiger partial charge in [0, 0.05) is 6.07 Å². The average molecular weight is 210 g/mol. The lowest BCUT2D eigenvalue weighted by atomic mass is 10.2. The maximum Gasteiger partial charge on any atom is 0.283 e. The SMILES string of the molecule is Cc1cc(O)cc(O)c1.N#CO.N#CO. The van der Waals surface area contributed by atoms with Gasteiger partial charge in [0.15, 0.2) is 0 Å².